The van der Waals surface area contributed by atoms with Gasteiger partial charge < -0.3 is 9.84 Å². The van der Waals surface area contributed by atoms with Crippen molar-refractivity contribution in [3.8, 4) is 5.75 Å². The van der Waals surface area contributed by atoms with Gasteiger partial charge in [0.05, 0.1) is 6.10 Å². The van der Waals surface area contributed by atoms with Crippen LogP contribution in [0.3, 0.4) is 0 Å². The summed E-state index contributed by atoms with van der Waals surface area (Å²) < 4.78 is 5.81. The summed E-state index contributed by atoms with van der Waals surface area (Å²) in [6.45, 7) is 4.24. The predicted molar refractivity (Wildman–Crippen MR) is 74.9 cm³/mol. The number of aliphatic hydroxyl groups excluding tert-OH is 1. The second-order valence-electron chi connectivity index (χ2n) is 4.26. The highest BCUT2D eigenvalue weighted by molar-refractivity contribution is 5.89. The van der Waals surface area contributed by atoms with E-state index in [0.29, 0.717) is 6.61 Å². The van der Waals surface area contributed by atoms with Crippen molar-refractivity contribution < 1.29 is 9.84 Å². The van der Waals surface area contributed by atoms with Crippen LogP contribution in [0.4, 0.5) is 0 Å². The van der Waals surface area contributed by atoms with Gasteiger partial charge >= 0.3 is 0 Å². The largest absolute Gasteiger partial charge is 0.488 e. The van der Waals surface area contributed by atoms with E-state index < -0.39 is 6.10 Å². The van der Waals surface area contributed by atoms with E-state index in [-0.39, 0.29) is 0 Å². The van der Waals surface area contributed by atoms with E-state index in [1.807, 2.05) is 55.5 Å². The number of rotatable bonds is 4. The van der Waals surface area contributed by atoms with Gasteiger partial charge in [-0.05, 0) is 19.2 Å². The number of ether oxygens (including phenoxy) is 1. The van der Waals surface area contributed by atoms with Gasteiger partial charge in [-0.15, -0.1) is 0 Å². The molecule has 1 atom stereocenters. The first-order valence-electron chi connectivity index (χ1n) is 6.17. The van der Waals surface area contributed by atoms with Gasteiger partial charge in [0.2, 0.25) is 0 Å². The van der Waals surface area contributed by atoms with E-state index in [9.17, 15) is 5.11 Å². The van der Waals surface area contributed by atoms with E-state index >= 15 is 0 Å². The minimum Gasteiger partial charge on any atom is -0.488 e. The van der Waals surface area contributed by atoms with Crippen LogP contribution in [-0.4, -0.2) is 11.7 Å². The molecule has 0 aliphatic carbocycles. The Balaban J connectivity index is 2.51. The Morgan fingerprint density at radius 3 is 2.72 bits per heavy atom. The maximum Gasteiger partial charge on any atom is 0.133 e. The standard InChI is InChI=1S/C16H18O2/c1-3-4-11-18-16-14(12(2)17)10-9-13-7-5-6-8-15(13)16/h3-10,12,17H,11H2,1-2H3/b4-3+. The molecule has 2 aromatic rings. The van der Waals surface area contributed by atoms with Crippen LogP contribution >= 0.6 is 0 Å². The molecule has 2 nitrogen and oxygen atoms in total. The van der Waals surface area contributed by atoms with Crippen LogP contribution in [0.15, 0.2) is 48.6 Å². The lowest BCUT2D eigenvalue weighted by atomic mass is 10.0. The SMILES string of the molecule is C/C=C/COc1c(C(C)O)ccc2ccccc12. The molecule has 0 aliphatic rings. The average Bonchev–Trinajstić information content (AvgIpc) is 2.38. The molecule has 0 heterocycles. The fraction of sp³-hybridized carbons (Fsp3) is 0.250. The highest BCUT2D eigenvalue weighted by Gasteiger charge is 2.12. The molecule has 94 valence electrons. The summed E-state index contributed by atoms with van der Waals surface area (Å²) in [6, 6.07) is 12.0. The molecule has 2 rings (SSSR count). The number of hydrogen-bond donors (Lipinski definition) is 1. The number of hydrogen-bond acceptors (Lipinski definition) is 2. The molecule has 18 heavy (non-hydrogen) atoms. The minimum atomic E-state index is -0.532. The van der Waals surface area contributed by atoms with Crippen LogP contribution in [-0.2, 0) is 0 Å². The van der Waals surface area contributed by atoms with Gasteiger partial charge in [0.1, 0.15) is 12.4 Å². The zero-order chi connectivity index (χ0) is 13.0. The Morgan fingerprint density at radius 1 is 1.22 bits per heavy atom. The van der Waals surface area contributed by atoms with Gasteiger partial charge in [0.25, 0.3) is 0 Å². The molecule has 2 heteroatoms. The Morgan fingerprint density at radius 2 is 2.00 bits per heavy atom. The lowest BCUT2D eigenvalue weighted by Gasteiger charge is -2.15. The summed E-state index contributed by atoms with van der Waals surface area (Å²) in [7, 11) is 0. The highest BCUT2D eigenvalue weighted by Crippen LogP contribution is 2.33. The third kappa shape index (κ3) is 2.54. The zero-order valence-electron chi connectivity index (χ0n) is 10.8. The average molecular weight is 242 g/mol. The Kier molecular flexibility index (Phi) is 4.00. The summed E-state index contributed by atoms with van der Waals surface area (Å²) in [5, 5.41) is 12.0. The zero-order valence-corrected chi connectivity index (χ0v) is 10.8. The molecule has 0 saturated carbocycles. The Labute approximate surface area is 108 Å². The van der Waals surface area contributed by atoms with E-state index in [1.54, 1.807) is 6.92 Å². The summed E-state index contributed by atoms with van der Waals surface area (Å²) in [6.07, 6.45) is 3.37. The van der Waals surface area contributed by atoms with Crippen molar-refractivity contribution >= 4 is 10.8 Å². The van der Waals surface area contributed by atoms with Crippen molar-refractivity contribution in [3.05, 3.63) is 54.1 Å². The smallest absolute Gasteiger partial charge is 0.133 e. The van der Waals surface area contributed by atoms with Crippen molar-refractivity contribution in [2.75, 3.05) is 6.61 Å². The van der Waals surface area contributed by atoms with E-state index in [2.05, 4.69) is 0 Å². The molecule has 0 aromatic heterocycles. The molecule has 2 aromatic carbocycles. The van der Waals surface area contributed by atoms with Gasteiger partial charge in [-0.25, -0.2) is 0 Å². The van der Waals surface area contributed by atoms with Crippen molar-refractivity contribution in [2.45, 2.75) is 20.0 Å². The topological polar surface area (TPSA) is 29.5 Å². The van der Waals surface area contributed by atoms with Gasteiger partial charge in [0, 0.05) is 10.9 Å². The first-order valence-corrected chi connectivity index (χ1v) is 6.17. The minimum absolute atomic E-state index is 0.518. The van der Waals surface area contributed by atoms with E-state index in [0.717, 1.165) is 22.1 Å². The number of benzene rings is 2. The van der Waals surface area contributed by atoms with Crippen LogP contribution in [0.1, 0.15) is 25.5 Å². The van der Waals surface area contributed by atoms with Crippen LogP contribution in [0, 0.1) is 0 Å². The molecule has 0 spiro atoms. The summed E-state index contributed by atoms with van der Waals surface area (Å²) >= 11 is 0. The lowest BCUT2D eigenvalue weighted by Crippen LogP contribution is -2.01. The third-order valence-electron chi connectivity index (χ3n) is 2.92. The van der Waals surface area contributed by atoms with Crippen LogP contribution in [0.2, 0.25) is 0 Å². The molecule has 0 aliphatic heterocycles. The molecular formula is C16H18O2. The molecule has 0 amide bonds. The van der Waals surface area contributed by atoms with Gasteiger partial charge in [-0.2, -0.15) is 0 Å². The summed E-state index contributed by atoms with van der Waals surface area (Å²) in [4.78, 5) is 0. The monoisotopic (exact) mass is 242 g/mol. The molecule has 0 bridgehead atoms. The second-order valence-corrected chi connectivity index (χ2v) is 4.26. The summed E-state index contributed by atoms with van der Waals surface area (Å²) in [5.74, 6) is 0.779. The van der Waals surface area contributed by atoms with E-state index in [1.165, 1.54) is 0 Å². The van der Waals surface area contributed by atoms with Gasteiger partial charge in [-0.3, -0.25) is 0 Å². The number of fused-ring (bicyclic) bond motifs is 1. The van der Waals surface area contributed by atoms with Crippen LogP contribution < -0.4 is 4.74 Å². The molecular weight excluding hydrogens is 224 g/mol. The number of allylic oxidation sites excluding steroid dienone is 1. The van der Waals surface area contributed by atoms with Crippen molar-refractivity contribution in [1.82, 2.24) is 0 Å². The van der Waals surface area contributed by atoms with Crippen molar-refractivity contribution in [3.63, 3.8) is 0 Å². The summed E-state index contributed by atoms with van der Waals surface area (Å²) in [5.41, 5.74) is 0.832. The Bertz CT molecular complexity index is 556. The lowest BCUT2D eigenvalue weighted by molar-refractivity contribution is 0.193. The molecule has 1 unspecified atom stereocenters. The molecule has 0 fully saturated rings. The van der Waals surface area contributed by atoms with Crippen LogP contribution in [0.25, 0.3) is 10.8 Å². The second kappa shape index (κ2) is 5.69. The maximum atomic E-state index is 9.82. The predicted octanol–water partition coefficient (Wildman–Crippen LogP) is 3.85. The molecule has 0 saturated heterocycles. The highest BCUT2D eigenvalue weighted by atomic mass is 16.5. The fourth-order valence-corrected chi connectivity index (χ4v) is 1.98. The van der Waals surface area contributed by atoms with Gasteiger partial charge in [0.15, 0.2) is 0 Å². The molecule has 0 radical (unpaired) electrons. The molecule has 1 N–H and O–H groups in total. The van der Waals surface area contributed by atoms with E-state index in [4.69, 9.17) is 4.74 Å². The first-order chi connectivity index (χ1) is 8.74. The normalized spacial score (nSPS) is 13.1. The van der Waals surface area contributed by atoms with Gasteiger partial charge in [-0.1, -0.05) is 48.6 Å². The maximum absolute atomic E-state index is 9.82. The van der Waals surface area contributed by atoms with Crippen molar-refractivity contribution in [1.29, 1.82) is 0 Å². The quantitative estimate of drug-likeness (QED) is 0.825. The first kappa shape index (κ1) is 12.7. The number of aliphatic hydroxyl groups is 1. The van der Waals surface area contributed by atoms with Crippen LogP contribution in [0.5, 0.6) is 5.75 Å². The fourth-order valence-electron chi connectivity index (χ4n) is 1.98. The third-order valence-corrected chi connectivity index (χ3v) is 2.92. The Hall–Kier alpha value is -1.80. The van der Waals surface area contributed by atoms with Crippen molar-refractivity contribution in [2.24, 2.45) is 0 Å².